The molecule has 0 spiro atoms. The molecule has 0 aliphatic heterocycles. The summed E-state index contributed by atoms with van der Waals surface area (Å²) < 4.78 is 32.2. The van der Waals surface area contributed by atoms with Crippen LogP contribution in [0.5, 0.6) is 0 Å². The molecule has 1 aromatic carbocycles. The molecule has 2 rings (SSSR count). The molecule has 0 bridgehead atoms. The van der Waals surface area contributed by atoms with E-state index in [1.165, 1.54) is 12.1 Å². The number of methoxy groups -OCH3 is 1. The maximum absolute atomic E-state index is 14.0. The first-order valence-corrected chi connectivity index (χ1v) is 6.20. The number of aromatic nitrogens is 1. The number of esters is 1. The van der Waals surface area contributed by atoms with Gasteiger partial charge in [-0.05, 0) is 18.2 Å². The van der Waals surface area contributed by atoms with E-state index in [0.717, 1.165) is 19.2 Å². The van der Waals surface area contributed by atoms with E-state index in [9.17, 15) is 13.6 Å². The van der Waals surface area contributed by atoms with Crippen LogP contribution in [-0.2, 0) is 4.74 Å². The molecule has 1 heterocycles. The number of halogens is 3. The zero-order chi connectivity index (χ0) is 16.4. The first-order chi connectivity index (χ1) is 10.4. The number of pyridine rings is 1. The molecule has 2 N–H and O–H groups in total. The number of carbonyl (C=O) groups excluding carboxylic acids is 1. The number of hydrogen-bond donors (Lipinski definition) is 1. The van der Waals surface area contributed by atoms with Crippen molar-refractivity contribution in [2.24, 2.45) is 0 Å². The number of hydrogen-bond acceptors (Lipinski definition) is 5. The second-order valence-corrected chi connectivity index (χ2v) is 4.55. The zero-order valence-electron chi connectivity index (χ0n) is 11.2. The highest BCUT2D eigenvalue weighted by atomic mass is 35.5. The van der Waals surface area contributed by atoms with Crippen LogP contribution in [0.4, 0.5) is 14.5 Å². The number of nitriles is 1. The fraction of sp³-hybridized carbons (Fsp3) is 0.0714. The largest absolute Gasteiger partial charge is 0.464 e. The van der Waals surface area contributed by atoms with Crippen molar-refractivity contribution < 1.29 is 18.3 Å². The summed E-state index contributed by atoms with van der Waals surface area (Å²) in [5, 5.41) is 8.51. The lowest BCUT2D eigenvalue weighted by Crippen LogP contribution is -2.08. The number of nitrogens with two attached hydrogens (primary N) is 1. The van der Waals surface area contributed by atoms with Crippen molar-refractivity contribution in [1.29, 1.82) is 5.26 Å². The van der Waals surface area contributed by atoms with Crippen LogP contribution in [0, 0.1) is 23.0 Å². The number of benzene rings is 1. The maximum atomic E-state index is 14.0. The van der Waals surface area contributed by atoms with Gasteiger partial charge in [0.05, 0.1) is 29.1 Å². The fourth-order valence-electron chi connectivity index (χ4n) is 1.75. The molecule has 0 saturated heterocycles. The summed E-state index contributed by atoms with van der Waals surface area (Å²) in [7, 11) is 1.12. The predicted molar refractivity (Wildman–Crippen MR) is 75.1 cm³/mol. The Morgan fingerprint density at radius 2 is 2.05 bits per heavy atom. The highest BCUT2D eigenvalue weighted by Crippen LogP contribution is 2.30. The molecule has 0 aliphatic carbocycles. The quantitative estimate of drug-likeness (QED) is 0.858. The van der Waals surface area contributed by atoms with Crippen LogP contribution in [0.15, 0.2) is 18.2 Å². The molecule has 8 heteroatoms. The first kappa shape index (κ1) is 15.7. The molecule has 1 aromatic heterocycles. The van der Waals surface area contributed by atoms with Crippen molar-refractivity contribution in [1.82, 2.24) is 4.98 Å². The molecule has 5 nitrogen and oxygen atoms in total. The van der Waals surface area contributed by atoms with Gasteiger partial charge < -0.3 is 10.5 Å². The average Bonchev–Trinajstić information content (AvgIpc) is 2.50. The zero-order valence-corrected chi connectivity index (χ0v) is 11.9. The van der Waals surface area contributed by atoms with Gasteiger partial charge in [0, 0.05) is 5.56 Å². The number of carbonyl (C=O) groups is 1. The van der Waals surface area contributed by atoms with Gasteiger partial charge in [-0.25, -0.2) is 18.6 Å². The van der Waals surface area contributed by atoms with Crippen molar-refractivity contribution in [2.45, 2.75) is 0 Å². The Bertz CT molecular complexity index is 819. The van der Waals surface area contributed by atoms with Crippen LogP contribution in [0.2, 0.25) is 5.02 Å². The van der Waals surface area contributed by atoms with Gasteiger partial charge in [-0.1, -0.05) is 11.6 Å². The van der Waals surface area contributed by atoms with Crippen molar-refractivity contribution >= 4 is 23.3 Å². The Balaban J connectivity index is 2.69. The van der Waals surface area contributed by atoms with E-state index in [1.54, 1.807) is 0 Å². The number of rotatable bonds is 2. The molecule has 0 amide bonds. The standard InChI is InChI=1S/C14H8ClF2N3O2/c1-22-14(21)13-12(15)10(19)4-11(20-13)7-3-8(16)6(5-18)2-9(7)17/h2-4H,1H3,(H2,19,20). The molecular weight excluding hydrogens is 316 g/mol. The molecule has 22 heavy (non-hydrogen) atoms. The predicted octanol–water partition coefficient (Wildman–Crippen LogP) is 2.92. The van der Waals surface area contributed by atoms with E-state index < -0.39 is 23.2 Å². The highest BCUT2D eigenvalue weighted by Gasteiger charge is 2.20. The van der Waals surface area contributed by atoms with Crippen molar-refractivity contribution in [3.63, 3.8) is 0 Å². The van der Waals surface area contributed by atoms with E-state index >= 15 is 0 Å². The molecule has 112 valence electrons. The Labute approximate surface area is 128 Å². The fourth-order valence-corrected chi connectivity index (χ4v) is 1.92. The van der Waals surface area contributed by atoms with Crippen LogP contribution >= 0.6 is 11.6 Å². The Morgan fingerprint density at radius 1 is 1.36 bits per heavy atom. The molecule has 0 radical (unpaired) electrons. The first-order valence-electron chi connectivity index (χ1n) is 5.82. The van der Waals surface area contributed by atoms with Gasteiger partial charge in [0.1, 0.15) is 17.7 Å². The summed E-state index contributed by atoms with van der Waals surface area (Å²) >= 11 is 5.85. The number of nitrogen functional groups attached to an aromatic ring is 1. The van der Waals surface area contributed by atoms with Crippen molar-refractivity contribution in [3.8, 4) is 17.3 Å². The summed E-state index contributed by atoms with van der Waals surface area (Å²) in [6.45, 7) is 0. The van der Waals surface area contributed by atoms with E-state index in [1.807, 2.05) is 0 Å². The lowest BCUT2D eigenvalue weighted by atomic mass is 10.1. The van der Waals surface area contributed by atoms with Crippen LogP contribution in [0.3, 0.4) is 0 Å². The van der Waals surface area contributed by atoms with E-state index in [-0.39, 0.29) is 27.7 Å². The van der Waals surface area contributed by atoms with Gasteiger partial charge in [-0.15, -0.1) is 0 Å². The normalized spacial score (nSPS) is 10.1. The third kappa shape index (κ3) is 2.69. The minimum Gasteiger partial charge on any atom is -0.464 e. The topological polar surface area (TPSA) is 89.0 Å². The van der Waals surface area contributed by atoms with Gasteiger partial charge in [0.2, 0.25) is 0 Å². The summed E-state index contributed by atoms with van der Waals surface area (Å²) in [5.41, 5.74) is 4.47. The number of anilines is 1. The third-order valence-corrected chi connectivity index (χ3v) is 3.21. The lowest BCUT2D eigenvalue weighted by molar-refractivity contribution is 0.0594. The molecule has 0 atom stereocenters. The lowest BCUT2D eigenvalue weighted by Gasteiger charge is -2.09. The van der Waals surface area contributed by atoms with E-state index in [4.69, 9.17) is 22.6 Å². The highest BCUT2D eigenvalue weighted by molar-refractivity contribution is 6.35. The smallest absolute Gasteiger partial charge is 0.358 e. The van der Waals surface area contributed by atoms with Crippen LogP contribution in [0.1, 0.15) is 16.1 Å². The monoisotopic (exact) mass is 323 g/mol. The second-order valence-electron chi connectivity index (χ2n) is 4.17. The summed E-state index contributed by atoms with van der Waals surface area (Å²) in [6.07, 6.45) is 0. The molecular formula is C14H8ClF2N3O2. The van der Waals surface area contributed by atoms with Crippen LogP contribution in [-0.4, -0.2) is 18.1 Å². The maximum Gasteiger partial charge on any atom is 0.358 e. The van der Waals surface area contributed by atoms with Crippen molar-refractivity contribution in [3.05, 3.63) is 46.1 Å². The number of nitrogens with zero attached hydrogens (tertiary/aromatic N) is 2. The van der Waals surface area contributed by atoms with E-state index in [2.05, 4.69) is 9.72 Å². The Morgan fingerprint density at radius 3 is 2.64 bits per heavy atom. The molecule has 0 unspecified atom stereocenters. The summed E-state index contributed by atoms with van der Waals surface area (Å²) in [6, 6.07) is 4.24. The molecule has 0 fully saturated rings. The van der Waals surface area contributed by atoms with Gasteiger partial charge in [-0.2, -0.15) is 5.26 Å². The third-order valence-electron chi connectivity index (χ3n) is 2.82. The minimum absolute atomic E-state index is 0.0452. The van der Waals surface area contributed by atoms with Gasteiger partial charge >= 0.3 is 5.97 Å². The molecule has 2 aromatic rings. The molecule has 0 saturated carbocycles. The Kier molecular flexibility index (Phi) is 4.24. The minimum atomic E-state index is -0.922. The van der Waals surface area contributed by atoms with Crippen LogP contribution in [0.25, 0.3) is 11.3 Å². The SMILES string of the molecule is COC(=O)c1nc(-c2cc(F)c(C#N)cc2F)cc(N)c1Cl. The number of ether oxygens (including phenoxy) is 1. The Hall–Kier alpha value is -2.72. The van der Waals surface area contributed by atoms with Crippen molar-refractivity contribution in [2.75, 3.05) is 12.8 Å². The second kappa shape index (κ2) is 5.95. The van der Waals surface area contributed by atoms with E-state index in [0.29, 0.717) is 0 Å². The van der Waals surface area contributed by atoms with Gasteiger partial charge in [-0.3, -0.25) is 0 Å². The molecule has 0 aliphatic rings. The van der Waals surface area contributed by atoms with Gasteiger partial charge in [0.15, 0.2) is 5.69 Å². The summed E-state index contributed by atoms with van der Waals surface area (Å²) in [4.78, 5) is 15.4. The summed E-state index contributed by atoms with van der Waals surface area (Å²) in [5.74, 6) is -2.68. The van der Waals surface area contributed by atoms with Gasteiger partial charge in [0.25, 0.3) is 0 Å². The van der Waals surface area contributed by atoms with Crippen LogP contribution < -0.4 is 5.73 Å². The average molecular weight is 324 g/mol.